The quantitative estimate of drug-likeness (QED) is 0.877. The Morgan fingerprint density at radius 1 is 1.25 bits per heavy atom. The maximum absolute atomic E-state index is 4.31. The zero-order valence-electron chi connectivity index (χ0n) is 10.5. The lowest BCUT2D eigenvalue weighted by atomic mass is 9.85. The number of rotatable bonds is 5. The van der Waals surface area contributed by atoms with Crippen LogP contribution in [0.3, 0.4) is 0 Å². The minimum atomic E-state index is 0.675. The monoisotopic (exact) mass is 284 g/mol. The first-order valence-corrected chi connectivity index (χ1v) is 6.66. The standard InChI is InChI=1S/C13H21BrN2/c1-9(2)11(10(3)4)8-16-13-12(14)6-5-7-15-13/h5-7,9-11H,8H2,1-4H3,(H,15,16). The van der Waals surface area contributed by atoms with E-state index in [1.165, 1.54) is 0 Å². The highest BCUT2D eigenvalue weighted by atomic mass is 79.9. The largest absolute Gasteiger partial charge is 0.369 e. The van der Waals surface area contributed by atoms with Gasteiger partial charge in [0.25, 0.3) is 0 Å². The smallest absolute Gasteiger partial charge is 0.140 e. The average Bonchev–Trinajstić information content (AvgIpc) is 2.20. The number of nitrogens with zero attached hydrogens (tertiary/aromatic N) is 1. The molecule has 0 spiro atoms. The van der Waals surface area contributed by atoms with Crippen molar-refractivity contribution in [2.45, 2.75) is 27.7 Å². The lowest BCUT2D eigenvalue weighted by Gasteiger charge is -2.25. The van der Waals surface area contributed by atoms with Gasteiger partial charge in [-0.25, -0.2) is 4.98 Å². The van der Waals surface area contributed by atoms with E-state index in [-0.39, 0.29) is 0 Å². The zero-order valence-corrected chi connectivity index (χ0v) is 12.1. The Morgan fingerprint density at radius 3 is 2.38 bits per heavy atom. The van der Waals surface area contributed by atoms with Crippen LogP contribution in [0.5, 0.6) is 0 Å². The van der Waals surface area contributed by atoms with Gasteiger partial charge in [0.15, 0.2) is 0 Å². The second-order valence-corrected chi connectivity index (χ2v) is 5.72. The molecule has 0 bridgehead atoms. The van der Waals surface area contributed by atoms with Crippen LogP contribution >= 0.6 is 15.9 Å². The molecule has 1 heterocycles. The van der Waals surface area contributed by atoms with E-state index in [4.69, 9.17) is 0 Å². The summed E-state index contributed by atoms with van der Waals surface area (Å²) in [4.78, 5) is 4.31. The minimum Gasteiger partial charge on any atom is -0.369 e. The van der Waals surface area contributed by atoms with Gasteiger partial charge in [-0.05, 0) is 45.8 Å². The van der Waals surface area contributed by atoms with E-state index >= 15 is 0 Å². The summed E-state index contributed by atoms with van der Waals surface area (Å²) in [6, 6.07) is 3.94. The maximum Gasteiger partial charge on any atom is 0.140 e. The first-order valence-electron chi connectivity index (χ1n) is 5.86. The fourth-order valence-corrected chi connectivity index (χ4v) is 2.37. The lowest BCUT2D eigenvalue weighted by molar-refractivity contribution is 0.304. The van der Waals surface area contributed by atoms with Crippen molar-refractivity contribution in [1.29, 1.82) is 0 Å². The molecule has 3 heteroatoms. The van der Waals surface area contributed by atoms with E-state index in [0.29, 0.717) is 17.8 Å². The molecular weight excluding hydrogens is 264 g/mol. The Morgan fingerprint density at radius 2 is 1.88 bits per heavy atom. The zero-order chi connectivity index (χ0) is 12.1. The van der Waals surface area contributed by atoms with Crippen LogP contribution in [0.25, 0.3) is 0 Å². The summed E-state index contributed by atoms with van der Waals surface area (Å²) in [5.74, 6) is 2.99. The SMILES string of the molecule is CC(C)C(CNc1ncccc1Br)C(C)C. The molecule has 0 aliphatic carbocycles. The van der Waals surface area contributed by atoms with E-state index in [1.807, 2.05) is 18.3 Å². The number of hydrogen-bond acceptors (Lipinski definition) is 2. The van der Waals surface area contributed by atoms with Crippen LogP contribution in [0, 0.1) is 17.8 Å². The van der Waals surface area contributed by atoms with Crippen LogP contribution in [0.2, 0.25) is 0 Å². The molecule has 0 radical (unpaired) electrons. The highest BCUT2D eigenvalue weighted by Crippen LogP contribution is 2.23. The molecule has 0 unspecified atom stereocenters. The summed E-state index contributed by atoms with van der Waals surface area (Å²) in [5.41, 5.74) is 0. The van der Waals surface area contributed by atoms with Gasteiger partial charge in [-0.15, -0.1) is 0 Å². The lowest BCUT2D eigenvalue weighted by Crippen LogP contribution is -2.24. The van der Waals surface area contributed by atoms with Crippen LogP contribution in [0.4, 0.5) is 5.82 Å². The van der Waals surface area contributed by atoms with Crippen molar-refractivity contribution < 1.29 is 0 Å². The molecule has 1 aromatic heterocycles. The van der Waals surface area contributed by atoms with Crippen LogP contribution < -0.4 is 5.32 Å². The molecule has 0 aliphatic heterocycles. The highest BCUT2D eigenvalue weighted by molar-refractivity contribution is 9.10. The molecule has 90 valence electrons. The van der Waals surface area contributed by atoms with Crippen LogP contribution in [-0.4, -0.2) is 11.5 Å². The van der Waals surface area contributed by atoms with Crippen molar-refractivity contribution in [3.05, 3.63) is 22.8 Å². The Hall–Kier alpha value is -0.570. The first-order chi connectivity index (χ1) is 7.52. The van der Waals surface area contributed by atoms with E-state index in [9.17, 15) is 0 Å². The van der Waals surface area contributed by atoms with Gasteiger partial charge in [0, 0.05) is 12.7 Å². The predicted molar refractivity (Wildman–Crippen MR) is 73.6 cm³/mol. The highest BCUT2D eigenvalue weighted by Gasteiger charge is 2.17. The van der Waals surface area contributed by atoms with Gasteiger partial charge >= 0.3 is 0 Å². The van der Waals surface area contributed by atoms with Crippen LogP contribution in [-0.2, 0) is 0 Å². The molecular formula is C13H21BrN2. The van der Waals surface area contributed by atoms with Gasteiger partial charge in [-0.1, -0.05) is 27.7 Å². The number of anilines is 1. The Kier molecular flexibility index (Phi) is 5.26. The number of hydrogen-bond donors (Lipinski definition) is 1. The van der Waals surface area contributed by atoms with Gasteiger partial charge < -0.3 is 5.32 Å². The third-order valence-corrected chi connectivity index (χ3v) is 3.62. The second kappa shape index (κ2) is 6.24. The van der Waals surface area contributed by atoms with Gasteiger partial charge in [0.1, 0.15) is 5.82 Å². The van der Waals surface area contributed by atoms with Crippen LogP contribution in [0.15, 0.2) is 22.8 Å². The molecule has 0 aromatic carbocycles. The molecule has 0 saturated carbocycles. The number of nitrogens with one attached hydrogen (secondary N) is 1. The molecule has 0 amide bonds. The molecule has 0 saturated heterocycles. The number of pyridine rings is 1. The fourth-order valence-electron chi connectivity index (χ4n) is 1.97. The molecule has 1 rings (SSSR count). The second-order valence-electron chi connectivity index (χ2n) is 4.87. The Balaban J connectivity index is 2.59. The molecule has 16 heavy (non-hydrogen) atoms. The summed E-state index contributed by atoms with van der Waals surface area (Å²) in [7, 11) is 0. The van der Waals surface area contributed by atoms with E-state index < -0.39 is 0 Å². The molecule has 0 fully saturated rings. The molecule has 1 aromatic rings. The van der Waals surface area contributed by atoms with Crippen molar-refractivity contribution >= 4 is 21.7 Å². The van der Waals surface area contributed by atoms with E-state index in [1.54, 1.807) is 0 Å². The predicted octanol–water partition coefficient (Wildman–Crippen LogP) is 4.18. The van der Waals surface area contributed by atoms with Crippen LogP contribution in [0.1, 0.15) is 27.7 Å². The van der Waals surface area contributed by atoms with E-state index in [0.717, 1.165) is 16.8 Å². The summed E-state index contributed by atoms with van der Waals surface area (Å²) in [6.45, 7) is 10.1. The molecule has 0 aliphatic rings. The van der Waals surface area contributed by atoms with E-state index in [2.05, 4.69) is 53.9 Å². The fraction of sp³-hybridized carbons (Fsp3) is 0.615. The first kappa shape index (κ1) is 13.5. The summed E-state index contributed by atoms with van der Waals surface area (Å²) in [5, 5.41) is 3.42. The summed E-state index contributed by atoms with van der Waals surface area (Å²) < 4.78 is 1.03. The van der Waals surface area contributed by atoms with Crippen molar-refractivity contribution in [3.8, 4) is 0 Å². The van der Waals surface area contributed by atoms with Gasteiger partial charge in [-0.3, -0.25) is 0 Å². The normalized spacial score (nSPS) is 11.5. The number of aromatic nitrogens is 1. The van der Waals surface area contributed by atoms with Crippen molar-refractivity contribution in [2.75, 3.05) is 11.9 Å². The Labute approximate surface area is 107 Å². The maximum atomic E-state index is 4.31. The van der Waals surface area contributed by atoms with Gasteiger partial charge in [-0.2, -0.15) is 0 Å². The Bertz CT molecular complexity index is 315. The molecule has 1 N–H and O–H groups in total. The van der Waals surface area contributed by atoms with Crippen molar-refractivity contribution in [3.63, 3.8) is 0 Å². The third-order valence-electron chi connectivity index (χ3n) is 2.98. The molecule has 0 atom stereocenters. The minimum absolute atomic E-state index is 0.675. The van der Waals surface area contributed by atoms with Gasteiger partial charge in [0.2, 0.25) is 0 Å². The molecule has 2 nitrogen and oxygen atoms in total. The topological polar surface area (TPSA) is 24.9 Å². The van der Waals surface area contributed by atoms with Gasteiger partial charge in [0.05, 0.1) is 4.47 Å². The van der Waals surface area contributed by atoms with Crippen molar-refractivity contribution in [2.24, 2.45) is 17.8 Å². The van der Waals surface area contributed by atoms with Crippen molar-refractivity contribution in [1.82, 2.24) is 4.98 Å². The summed E-state index contributed by atoms with van der Waals surface area (Å²) >= 11 is 3.50. The third kappa shape index (κ3) is 3.78. The summed E-state index contributed by atoms with van der Waals surface area (Å²) in [6.07, 6.45) is 1.81. The number of halogens is 1. The average molecular weight is 285 g/mol.